The maximum atomic E-state index is 13.8. The predicted octanol–water partition coefficient (Wildman–Crippen LogP) is 5.15. The molecule has 3 aliphatic rings. The van der Waals surface area contributed by atoms with E-state index in [-0.39, 0.29) is 18.3 Å². The Morgan fingerprint density at radius 1 is 1.14 bits per heavy atom. The van der Waals surface area contributed by atoms with Gasteiger partial charge in [0.1, 0.15) is 12.4 Å². The Hall–Kier alpha value is -1.84. The van der Waals surface area contributed by atoms with E-state index in [1.165, 1.54) is 6.42 Å². The van der Waals surface area contributed by atoms with Crippen molar-refractivity contribution in [2.75, 3.05) is 39.5 Å². The highest BCUT2D eigenvalue weighted by Crippen LogP contribution is 2.47. The fraction of sp³-hybridized carbons (Fsp3) is 0.731. The number of ether oxygens (including phenoxy) is 4. The fourth-order valence-corrected chi connectivity index (χ4v) is 5.19. The van der Waals surface area contributed by atoms with Gasteiger partial charge < -0.3 is 18.9 Å². The first-order valence-corrected chi connectivity index (χ1v) is 12.5. The molecular weight excluding hydrogens is 463 g/mol. The minimum absolute atomic E-state index is 0.0133. The van der Waals surface area contributed by atoms with Crippen molar-refractivity contribution in [1.82, 2.24) is 4.90 Å². The smallest absolute Gasteiger partial charge is 0.419 e. The molecule has 196 valence electrons. The number of rotatable bonds is 8. The summed E-state index contributed by atoms with van der Waals surface area (Å²) in [5.74, 6) is -0.0309. The molecule has 1 saturated heterocycles. The zero-order valence-electron chi connectivity index (χ0n) is 20.7. The minimum Gasteiger partial charge on any atom is -0.464 e. The lowest BCUT2D eigenvalue weighted by molar-refractivity contribution is -0.186. The highest BCUT2D eigenvalue weighted by molar-refractivity contribution is 5.90. The molecule has 1 aliphatic heterocycles. The first-order chi connectivity index (χ1) is 16.5. The number of nitrogens with zero attached hydrogens (tertiary/aromatic N) is 1. The number of benzene rings is 1. The number of hydrogen-bond donors (Lipinski definition) is 0. The standard InChI is InChI=1S/C26H36F3NO5/c1-25(2,3)24(34-21-15-17-4-5-18(21)14-17)35-22-16-19(6-7-20(22)26(27,28)29)23(31)33-13-10-30-8-11-32-12-9-30/h6-7,16-18,21,24H,4-5,8-15H2,1-3H3. The SMILES string of the molecule is CC(C)(C)C(Oc1cc(C(=O)OCCN2CCOCC2)ccc1C(F)(F)F)OC1CC2CCC1C2. The zero-order valence-corrected chi connectivity index (χ0v) is 20.7. The topological polar surface area (TPSA) is 57.2 Å². The first-order valence-electron chi connectivity index (χ1n) is 12.5. The van der Waals surface area contributed by atoms with Gasteiger partial charge in [-0.15, -0.1) is 0 Å². The van der Waals surface area contributed by atoms with Gasteiger partial charge in [-0.25, -0.2) is 4.79 Å². The van der Waals surface area contributed by atoms with Crippen molar-refractivity contribution < 1.29 is 36.9 Å². The largest absolute Gasteiger partial charge is 0.464 e. The van der Waals surface area contributed by atoms with E-state index >= 15 is 0 Å². The van der Waals surface area contributed by atoms with Crippen LogP contribution in [0.25, 0.3) is 0 Å². The van der Waals surface area contributed by atoms with Crippen molar-refractivity contribution in [3.05, 3.63) is 29.3 Å². The highest BCUT2D eigenvalue weighted by atomic mass is 19.4. The quantitative estimate of drug-likeness (QED) is 0.364. The molecular formula is C26H36F3NO5. The van der Waals surface area contributed by atoms with Crippen LogP contribution in [0.15, 0.2) is 18.2 Å². The normalized spacial score (nSPS) is 26.1. The summed E-state index contributed by atoms with van der Waals surface area (Å²) in [6.45, 7) is 9.10. The molecule has 1 heterocycles. The van der Waals surface area contributed by atoms with Crippen LogP contribution in [-0.2, 0) is 20.4 Å². The minimum atomic E-state index is -4.64. The van der Waals surface area contributed by atoms with Gasteiger partial charge in [-0.1, -0.05) is 20.8 Å². The van der Waals surface area contributed by atoms with Crippen molar-refractivity contribution in [2.24, 2.45) is 17.3 Å². The van der Waals surface area contributed by atoms with Gasteiger partial charge in [-0.2, -0.15) is 13.2 Å². The number of fused-ring (bicyclic) bond motifs is 2. The van der Waals surface area contributed by atoms with Crippen molar-refractivity contribution in [2.45, 2.75) is 65.0 Å². The molecule has 4 rings (SSSR count). The van der Waals surface area contributed by atoms with E-state index < -0.39 is 35.2 Å². The maximum Gasteiger partial charge on any atom is 0.419 e. The van der Waals surface area contributed by atoms with Crippen LogP contribution in [0.2, 0.25) is 0 Å². The maximum absolute atomic E-state index is 13.8. The van der Waals surface area contributed by atoms with E-state index in [4.69, 9.17) is 18.9 Å². The number of carbonyl (C=O) groups is 1. The van der Waals surface area contributed by atoms with Gasteiger partial charge in [-0.3, -0.25) is 4.90 Å². The van der Waals surface area contributed by atoms with Gasteiger partial charge >= 0.3 is 12.1 Å². The van der Waals surface area contributed by atoms with Gasteiger partial charge in [0.2, 0.25) is 6.29 Å². The third-order valence-corrected chi connectivity index (χ3v) is 7.18. The average molecular weight is 500 g/mol. The molecule has 0 N–H and O–H groups in total. The fourth-order valence-electron chi connectivity index (χ4n) is 5.19. The second-order valence-corrected chi connectivity index (χ2v) is 11.0. The molecule has 0 aromatic heterocycles. The lowest BCUT2D eigenvalue weighted by atomic mass is 9.94. The molecule has 3 fully saturated rings. The Bertz CT molecular complexity index is 879. The van der Waals surface area contributed by atoms with E-state index in [1.807, 2.05) is 20.8 Å². The van der Waals surface area contributed by atoms with Gasteiger partial charge in [0.25, 0.3) is 0 Å². The summed E-state index contributed by atoms with van der Waals surface area (Å²) in [6.07, 6.45) is -1.22. The highest BCUT2D eigenvalue weighted by Gasteiger charge is 2.44. The monoisotopic (exact) mass is 499 g/mol. The molecule has 1 aromatic rings. The van der Waals surface area contributed by atoms with Crippen molar-refractivity contribution in [3.8, 4) is 5.75 Å². The Kier molecular flexibility index (Phi) is 7.98. The Morgan fingerprint density at radius 3 is 2.49 bits per heavy atom. The zero-order chi connectivity index (χ0) is 25.2. The lowest BCUT2D eigenvalue weighted by Gasteiger charge is -2.36. The summed E-state index contributed by atoms with van der Waals surface area (Å²) in [5.41, 5.74) is -1.49. The van der Waals surface area contributed by atoms with Gasteiger partial charge in [-0.05, 0) is 55.7 Å². The molecule has 2 aliphatic carbocycles. The predicted molar refractivity (Wildman–Crippen MR) is 123 cm³/mol. The van der Waals surface area contributed by atoms with Crippen LogP contribution in [0.5, 0.6) is 5.75 Å². The third kappa shape index (κ3) is 6.68. The summed E-state index contributed by atoms with van der Waals surface area (Å²) in [4.78, 5) is 14.7. The molecule has 4 atom stereocenters. The van der Waals surface area contributed by atoms with Crippen LogP contribution in [0.3, 0.4) is 0 Å². The van der Waals surface area contributed by atoms with Crippen LogP contribution in [0.1, 0.15) is 62.4 Å². The molecule has 1 aromatic carbocycles. The van der Waals surface area contributed by atoms with Crippen LogP contribution in [-0.4, -0.2) is 62.7 Å². The number of esters is 1. The second kappa shape index (κ2) is 10.6. The average Bonchev–Trinajstić information content (AvgIpc) is 3.41. The molecule has 9 heteroatoms. The summed E-state index contributed by atoms with van der Waals surface area (Å²) < 4.78 is 64.3. The molecule has 35 heavy (non-hydrogen) atoms. The number of alkyl halides is 3. The van der Waals surface area contributed by atoms with E-state index in [2.05, 4.69) is 4.90 Å². The van der Waals surface area contributed by atoms with E-state index in [0.29, 0.717) is 31.6 Å². The van der Waals surface area contributed by atoms with Crippen LogP contribution >= 0.6 is 0 Å². The van der Waals surface area contributed by atoms with Gasteiger partial charge in [0, 0.05) is 25.0 Å². The van der Waals surface area contributed by atoms with Crippen LogP contribution < -0.4 is 4.74 Å². The molecule has 2 bridgehead atoms. The van der Waals surface area contributed by atoms with Gasteiger partial charge in [0.15, 0.2) is 0 Å². The molecule has 6 nitrogen and oxygen atoms in total. The van der Waals surface area contributed by atoms with E-state index in [1.54, 1.807) is 0 Å². The Morgan fingerprint density at radius 2 is 1.89 bits per heavy atom. The van der Waals surface area contributed by atoms with Crippen molar-refractivity contribution in [3.63, 3.8) is 0 Å². The summed E-state index contributed by atoms with van der Waals surface area (Å²) in [6, 6.07) is 3.14. The number of morpholine rings is 1. The number of hydrogen-bond acceptors (Lipinski definition) is 6. The third-order valence-electron chi connectivity index (χ3n) is 7.18. The Labute approximate surface area is 205 Å². The van der Waals surface area contributed by atoms with Crippen LogP contribution in [0, 0.1) is 17.3 Å². The lowest BCUT2D eigenvalue weighted by Crippen LogP contribution is -2.40. The van der Waals surface area contributed by atoms with Crippen LogP contribution in [0.4, 0.5) is 13.2 Å². The molecule has 2 saturated carbocycles. The molecule has 0 amide bonds. The molecule has 0 radical (unpaired) electrons. The number of carbonyl (C=O) groups excluding carboxylic acids is 1. The first kappa shape index (κ1) is 26.2. The summed E-state index contributed by atoms with van der Waals surface area (Å²) in [5, 5.41) is 0. The molecule has 4 unspecified atom stereocenters. The van der Waals surface area contributed by atoms with Crippen molar-refractivity contribution in [1.29, 1.82) is 0 Å². The second-order valence-electron chi connectivity index (χ2n) is 11.0. The molecule has 0 spiro atoms. The van der Waals surface area contributed by atoms with Gasteiger partial charge in [0.05, 0.1) is 30.4 Å². The van der Waals surface area contributed by atoms with Crippen molar-refractivity contribution >= 4 is 5.97 Å². The summed E-state index contributed by atoms with van der Waals surface area (Å²) in [7, 11) is 0. The Balaban J connectivity index is 1.47. The summed E-state index contributed by atoms with van der Waals surface area (Å²) >= 11 is 0. The van der Waals surface area contributed by atoms with E-state index in [0.717, 1.165) is 50.6 Å². The van der Waals surface area contributed by atoms with E-state index in [9.17, 15) is 18.0 Å². The number of halogens is 3.